The second-order valence-electron chi connectivity index (χ2n) is 10.4. The molecule has 0 radical (unpaired) electrons. The van der Waals surface area contributed by atoms with Gasteiger partial charge in [-0.3, -0.25) is 9.36 Å². The topological polar surface area (TPSA) is 88.4 Å². The van der Waals surface area contributed by atoms with E-state index in [4.69, 9.17) is 18.9 Å². The van der Waals surface area contributed by atoms with Crippen molar-refractivity contribution in [3.8, 4) is 17.2 Å². The van der Waals surface area contributed by atoms with Crippen LogP contribution in [0.2, 0.25) is 0 Å². The first kappa shape index (κ1) is 29.9. The first-order chi connectivity index (χ1) is 21.9. The third-order valence-corrected chi connectivity index (χ3v) is 8.68. The zero-order valence-electron chi connectivity index (χ0n) is 25.4. The van der Waals surface area contributed by atoms with Crippen LogP contribution in [0.1, 0.15) is 36.6 Å². The number of aromatic nitrogens is 1. The standard InChI is InChI=1S/C36H32N2O6S/c1-5-43-35(40)32-22(2)37-36-38(33(32)25-14-16-27(41-3)17-15-25)34(39)31(45-36)20-23-13-18-29(30(19-23)42-4)44-21-26-11-8-10-24-9-6-7-12-28(24)26/h6-20,33H,5,21H2,1-4H3/b31-20+/t33-/m1/s1. The number of rotatable bonds is 9. The maximum Gasteiger partial charge on any atom is 0.338 e. The highest BCUT2D eigenvalue weighted by atomic mass is 32.1. The smallest absolute Gasteiger partial charge is 0.338 e. The van der Waals surface area contributed by atoms with Gasteiger partial charge in [-0.05, 0) is 71.7 Å². The zero-order valence-corrected chi connectivity index (χ0v) is 26.2. The molecule has 2 heterocycles. The Labute approximate surface area is 264 Å². The SMILES string of the molecule is CCOC(=O)C1=C(C)N=c2s/c(=C/c3ccc(OCc4cccc5ccccc45)c(OC)c3)c(=O)n2[C@@H]1c1ccc(OC)cc1. The van der Waals surface area contributed by atoms with E-state index in [-0.39, 0.29) is 12.2 Å². The Bertz CT molecular complexity index is 2110. The summed E-state index contributed by atoms with van der Waals surface area (Å²) in [5.41, 5.74) is 3.16. The van der Waals surface area contributed by atoms with E-state index >= 15 is 0 Å². The Morgan fingerprint density at radius 1 is 0.956 bits per heavy atom. The van der Waals surface area contributed by atoms with Crippen molar-refractivity contribution in [1.29, 1.82) is 0 Å². The first-order valence-electron chi connectivity index (χ1n) is 14.5. The molecular formula is C36H32N2O6S. The lowest BCUT2D eigenvalue weighted by atomic mass is 9.96. The molecule has 0 bridgehead atoms. The average Bonchev–Trinajstić information content (AvgIpc) is 3.36. The molecule has 0 unspecified atom stereocenters. The minimum atomic E-state index is -0.701. The lowest BCUT2D eigenvalue weighted by molar-refractivity contribution is -0.139. The van der Waals surface area contributed by atoms with E-state index in [1.165, 1.54) is 11.3 Å². The van der Waals surface area contributed by atoms with Gasteiger partial charge in [-0.2, -0.15) is 0 Å². The van der Waals surface area contributed by atoms with Crippen LogP contribution in [0.3, 0.4) is 0 Å². The molecule has 228 valence electrons. The Kier molecular flexibility index (Phi) is 8.53. The van der Waals surface area contributed by atoms with E-state index < -0.39 is 12.0 Å². The number of fused-ring (bicyclic) bond motifs is 2. The zero-order chi connectivity index (χ0) is 31.5. The van der Waals surface area contributed by atoms with E-state index in [1.807, 2.05) is 48.5 Å². The van der Waals surface area contributed by atoms with Gasteiger partial charge in [0.25, 0.3) is 5.56 Å². The minimum Gasteiger partial charge on any atom is -0.497 e. The van der Waals surface area contributed by atoms with Gasteiger partial charge in [0.1, 0.15) is 12.4 Å². The monoisotopic (exact) mass is 620 g/mol. The molecule has 4 aromatic carbocycles. The number of benzene rings is 4. The van der Waals surface area contributed by atoms with Crippen molar-refractivity contribution in [2.75, 3.05) is 20.8 Å². The quantitative estimate of drug-likeness (QED) is 0.201. The maximum atomic E-state index is 14.0. The third kappa shape index (κ3) is 5.86. The van der Waals surface area contributed by atoms with Crippen LogP contribution >= 0.6 is 11.3 Å². The molecule has 9 heteroatoms. The van der Waals surface area contributed by atoms with Crippen molar-refractivity contribution >= 4 is 34.2 Å². The molecule has 1 aliphatic heterocycles. The van der Waals surface area contributed by atoms with Crippen LogP contribution in [-0.2, 0) is 16.1 Å². The van der Waals surface area contributed by atoms with E-state index in [2.05, 4.69) is 29.3 Å². The highest BCUT2D eigenvalue weighted by Gasteiger charge is 2.33. The lowest BCUT2D eigenvalue weighted by Gasteiger charge is -2.24. The summed E-state index contributed by atoms with van der Waals surface area (Å²) in [5.74, 6) is 1.31. The van der Waals surface area contributed by atoms with Crippen molar-refractivity contribution in [3.63, 3.8) is 0 Å². The number of hydrogen-bond donors (Lipinski definition) is 0. The normalized spacial score (nSPS) is 14.6. The van der Waals surface area contributed by atoms with Crippen molar-refractivity contribution in [2.24, 2.45) is 4.99 Å². The number of methoxy groups -OCH3 is 2. The molecule has 0 saturated heterocycles. The van der Waals surface area contributed by atoms with Gasteiger partial charge in [0.15, 0.2) is 16.3 Å². The van der Waals surface area contributed by atoms with Crippen molar-refractivity contribution in [2.45, 2.75) is 26.5 Å². The molecule has 6 rings (SSSR count). The fourth-order valence-electron chi connectivity index (χ4n) is 5.51. The van der Waals surface area contributed by atoms with Gasteiger partial charge >= 0.3 is 5.97 Å². The van der Waals surface area contributed by atoms with Gasteiger partial charge < -0.3 is 18.9 Å². The number of allylic oxidation sites excluding steroid dienone is 1. The Morgan fingerprint density at radius 2 is 1.73 bits per heavy atom. The molecule has 0 amide bonds. The number of ether oxygens (including phenoxy) is 4. The predicted molar refractivity (Wildman–Crippen MR) is 175 cm³/mol. The summed E-state index contributed by atoms with van der Waals surface area (Å²) in [6, 6.07) is 26.5. The molecule has 5 aromatic rings. The van der Waals surface area contributed by atoms with E-state index in [9.17, 15) is 9.59 Å². The molecule has 45 heavy (non-hydrogen) atoms. The molecule has 1 atom stereocenters. The predicted octanol–water partition coefficient (Wildman–Crippen LogP) is 5.55. The lowest BCUT2D eigenvalue weighted by Crippen LogP contribution is -2.39. The molecular weight excluding hydrogens is 588 g/mol. The molecule has 8 nitrogen and oxygen atoms in total. The number of hydrogen-bond acceptors (Lipinski definition) is 8. The van der Waals surface area contributed by atoms with Crippen molar-refractivity contribution in [1.82, 2.24) is 4.57 Å². The highest BCUT2D eigenvalue weighted by Crippen LogP contribution is 2.32. The van der Waals surface area contributed by atoms with Crippen LogP contribution in [0.4, 0.5) is 0 Å². The third-order valence-electron chi connectivity index (χ3n) is 7.70. The highest BCUT2D eigenvalue weighted by molar-refractivity contribution is 7.07. The van der Waals surface area contributed by atoms with Gasteiger partial charge in [0, 0.05) is 0 Å². The molecule has 0 N–H and O–H groups in total. The summed E-state index contributed by atoms with van der Waals surface area (Å²) in [6.07, 6.45) is 1.80. The molecule has 0 spiro atoms. The number of carbonyl (C=O) groups is 1. The second-order valence-corrected chi connectivity index (χ2v) is 11.4. The van der Waals surface area contributed by atoms with E-state index in [0.717, 1.165) is 27.5 Å². The van der Waals surface area contributed by atoms with Crippen molar-refractivity contribution in [3.05, 3.63) is 133 Å². The minimum absolute atomic E-state index is 0.207. The van der Waals surface area contributed by atoms with E-state index in [1.54, 1.807) is 50.8 Å². The summed E-state index contributed by atoms with van der Waals surface area (Å²) in [5, 5.41) is 2.29. The Balaban J connectivity index is 1.36. The summed E-state index contributed by atoms with van der Waals surface area (Å²) >= 11 is 1.27. The second kappa shape index (κ2) is 12.8. The van der Waals surface area contributed by atoms with Gasteiger partial charge in [-0.25, -0.2) is 9.79 Å². The van der Waals surface area contributed by atoms with E-state index in [0.29, 0.717) is 44.5 Å². The number of esters is 1. The van der Waals surface area contributed by atoms with Crippen LogP contribution in [0, 0.1) is 0 Å². The average molecular weight is 621 g/mol. The summed E-state index contributed by atoms with van der Waals surface area (Å²) in [6.45, 7) is 4.10. The van der Waals surface area contributed by atoms with Gasteiger partial charge in [-0.1, -0.05) is 72.0 Å². The van der Waals surface area contributed by atoms with Crippen LogP contribution in [-0.4, -0.2) is 31.4 Å². The number of thiazole rings is 1. The fraction of sp³-hybridized carbons (Fsp3) is 0.194. The first-order valence-corrected chi connectivity index (χ1v) is 15.3. The summed E-state index contributed by atoms with van der Waals surface area (Å²) in [4.78, 5) is 32.3. The summed E-state index contributed by atoms with van der Waals surface area (Å²) < 4.78 is 24.6. The largest absolute Gasteiger partial charge is 0.497 e. The molecule has 0 fully saturated rings. The Morgan fingerprint density at radius 3 is 2.49 bits per heavy atom. The molecule has 0 aliphatic carbocycles. The molecule has 1 aromatic heterocycles. The molecule has 1 aliphatic rings. The van der Waals surface area contributed by atoms with Crippen molar-refractivity contribution < 1.29 is 23.7 Å². The van der Waals surface area contributed by atoms with Crippen LogP contribution in [0.5, 0.6) is 17.2 Å². The number of nitrogens with zero attached hydrogens (tertiary/aromatic N) is 2. The summed E-state index contributed by atoms with van der Waals surface area (Å²) in [7, 11) is 3.18. The Hall–Kier alpha value is -5.15. The molecule has 0 saturated carbocycles. The van der Waals surface area contributed by atoms with Crippen LogP contribution in [0.25, 0.3) is 16.8 Å². The van der Waals surface area contributed by atoms with Gasteiger partial charge in [0.05, 0.1) is 42.7 Å². The van der Waals surface area contributed by atoms with Crippen LogP contribution < -0.4 is 29.1 Å². The fourth-order valence-corrected chi connectivity index (χ4v) is 6.56. The van der Waals surface area contributed by atoms with Gasteiger partial charge in [-0.15, -0.1) is 0 Å². The van der Waals surface area contributed by atoms with Gasteiger partial charge in [0.2, 0.25) is 0 Å². The maximum absolute atomic E-state index is 14.0. The van der Waals surface area contributed by atoms with Crippen LogP contribution in [0.15, 0.2) is 106 Å². The number of carbonyl (C=O) groups excluding carboxylic acids is 1.